The average Bonchev–Trinajstić information content (AvgIpc) is 2.59. The van der Waals surface area contributed by atoms with Gasteiger partial charge in [0.05, 0.1) is 6.10 Å². The standard InChI is InChI=1S/C16H24N2O/c1-2-3-9-17-10-11-18(14-16(19)13-17)12-15-7-5-4-6-8-15/h2-8,16,19H,9-14H2,1H3/b3-2+/t16-/m1/s1. The normalized spacial score (nSPS) is 22.7. The van der Waals surface area contributed by atoms with E-state index < -0.39 is 0 Å². The molecule has 2 rings (SSSR count). The van der Waals surface area contributed by atoms with Crippen LogP contribution in [0.25, 0.3) is 0 Å². The van der Waals surface area contributed by atoms with Crippen molar-refractivity contribution in [1.29, 1.82) is 0 Å². The summed E-state index contributed by atoms with van der Waals surface area (Å²) in [4.78, 5) is 4.66. The molecule has 1 aliphatic heterocycles. The zero-order valence-corrected chi connectivity index (χ0v) is 11.7. The van der Waals surface area contributed by atoms with Gasteiger partial charge in [0.1, 0.15) is 0 Å². The van der Waals surface area contributed by atoms with Crippen LogP contribution >= 0.6 is 0 Å². The second kappa shape index (κ2) is 7.43. The molecular formula is C16H24N2O. The number of β-amino-alcohol motifs (C(OH)–C–C–N with tert-alkyl or cyclic N) is 1. The van der Waals surface area contributed by atoms with Crippen LogP contribution in [-0.2, 0) is 6.54 Å². The van der Waals surface area contributed by atoms with E-state index in [4.69, 9.17) is 0 Å². The van der Waals surface area contributed by atoms with E-state index in [-0.39, 0.29) is 6.10 Å². The minimum absolute atomic E-state index is 0.253. The highest BCUT2D eigenvalue weighted by Gasteiger charge is 2.20. The lowest BCUT2D eigenvalue weighted by atomic mass is 10.2. The van der Waals surface area contributed by atoms with Crippen LogP contribution in [0, 0.1) is 0 Å². The third-order valence-corrected chi connectivity index (χ3v) is 3.52. The summed E-state index contributed by atoms with van der Waals surface area (Å²) in [5, 5.41) is 10.1. The average molecular weight is 260 g/mol. The van der Waals surface area contributed by atoms with Gasteiger partial charge in [0.25, 0.3) is 0 Å². The third-order valence-electron chi connectivity index (χ3n) is 3.52. The summed E-state index contributed by atoms with van der Waals surface area (Å²) in [7, 11) is 0. The molecule has 1 N–H and O–H groups in total. The summed E-state index contributed by atoms with van der Waals surface area (Å²) in [5.41, 5.74) is 1.32. The first-order valence-electron chi connectivity index (χ1n) is 7.06. The van der Waals surface area contributed by atoms with Gasteiger partial charge < -0.3 is 5.11 Å². The lowest BCUT2D eigenvalue weighted by molar-refractivity contribution is 0.110. The molecule has 3 heteroatoms. The quantitative estimate of drug-likeness (QED) is 0.835. The van der Waals surface area contributed by atoms with Crippen molar-refractivity contribution >= 4 is 0 Å². The summed E-state index contributed by atoms with van der Waals surface area (Å²) < 4.78 is 0. The van der Waals surface area contributed by atoms with Crippen molar-refractivity contribution < 1.29 is 5.11 Å². The summed E-state index contributed by atoms with van der Waals surface area (Å²) in [5.74, 6) is 0. The number of benzene rings is 1. The predicted molar refractivity (Wildman–Crippen MR) is 79.0 cm³/mol. The Morgan fingerprint density at radius 2 is 1.84 bits per heavy atom. The first kappa shape index (κ1) is 14.3. The fourth-order valence-corrected chi connectivity index (χ4v) is 2.52. The molecule has 0 spiro atoms. The molecule has 1 heterocycles. The molecule has 1 fully saturated rings. The number of aliphatic hydroxyl groups excluding tert-OH is 1. The minimum Gasteiger partial charge on any atom is -0.390 e. The third kappa shape index (κ3) is 4.78. The number of allylic oxidation sites excluding steroid dienone is 1. The highest BCUT2D eigenvalue weighted by Crippen LogP contribution is 2.09. The van der Waals surface area contributed by atoms with Crippen LogP contribution in [-0.4, -0.2) is 53.7 Å². The number of rotatable bonds is 4. The lowest BCUT2D eigenvalue weighted by Crippen LogP contribution is -2.33. The fraction of sp³-hybridized carbons (Fsp3) is 0.500. The van der Waals surface area contributed by atoms with E-state index in [0.717, 1.165) is 39.3 Å². The van der Waals surface area contributed by atoms with Gasteiger partial charge in [-0.15, -0.1) is 0 Å². The maximum atomic E-state index is 10.1. The summed E-state index contributed by atoms with van der Waals surface area (Å²) in [6, 6.07) is 10.5. The van der Waals surface area contributed by atoms with Crippen molar-refractivity contribution in [2.75, 3.05) is 32.7 Å². The van der Waals surface area contributed by atoms with E-state index in [1.807, 2.05) is 13.0 Å². The van der Waals surface area contributed by atoms with Gasteiger partial charge in [-0.1, -0.05) is 42.5 Å². The van der Waals surface area contributed by atoms with E-state index in [9.17, 15) is 5.11 Å². The monoisotopic (exact) mass is 260 g/mol. The highest BCUT2D eigenvalue weighted by molar-refractivity contribution is 5.14. The first-order valence-corrected chi connectivity index (χ1v) is 7.06. The zero-order valence-electron chi connectivity index (χ0n) is 11.7. The maximum Gasteiger partial charge on any atom is 0.0794 e. The van der Waals surface area contributed by atoms with Gasteiger partial charge in [0.2, 0.25) is 0 Å². The molecule has 0 bridgehead atoms. The topological polar surface area (TPSA) is 26.7 Å². The molecule has 3 nitrogen and oxygen atoms in total. The van der Waals surface area contributed by atoms with Crippen molar-refractivity contribution in [1.82, 2.24) is 9.80 Å². The van der Waals surface area contributed by atoms with E-state index in [2.05, 4.69) is 46.2 Å². The molecule has 0 amide bonds. The maximum absolute atomic E-state index is 10.1. The molecule has 0 saturated carbocycles. The first-order chi connectivity index (χ1) is 9.28. The van der Waals surface area contributed by atoms with Crippen molar-refractivity contribution in [2.24, 2.45) is 0 Å². The molecule has 0 aromatic heterocycles. The van der Waals surface area contributed by atoms with Crippen LogP contribution in [0.2, 0.25) is 0 Å². The molecule has 104 valence electrons. The van der Waals surface area contributed by atoms with Gasteiger partial charge in [-0.05, 0) is 12.5 Å². The van der Waals surface area contributed by atoms with Gasteiger partial charge in [0, 0.05) is 39.3 Å². The lowest BCUT2D eigenvalue weighted by Gasteiger charge is -2.21. The Hall–Kier alpha value is -1.16. The number of hydrogen-bond acceptors (Lipinski definition) is 3. The van der Waals surface area contributed by atoms with E-state index >= 15 is 0 Å². The Labute approximate surface area is 116 Å². The second-order valence-electron chi connectivity index (χ2n) is 5.20. The zero-order chi connectivity index (χ0) is 13.5. The number of nitrogens with zero attached hydrogens (tertiary/aromatic N) is 2. The fourth-order valence-electron chi connectivity index (χ4n) is 2.52. The smallest absolute Gasteiger partial charge is 0.0794 e. The molecule has 19 heavy (non-hydrogen) atoms. The number of aliphatic hydroxyl groups is 1. The van der Waals surface area contributed by atoms with Crippen molar-refractivity contribution in [3.05, 3.63) is 48.0 Å². The predicted octanol–water partition coefficient (Wildman–Crippen LogP) is 1.74. The van der Waals surface area contributed by atoms with E-state index in [1.54, 1.807) is 0 Å². The Morgan fingerprint density at radius 1 is 1.16 bits per heavy atom. The SMILES string of the molecule is C/C=C/CN1CCN(Cc2ccccc2)C[C@H](O)C1. The van der Waals surface area contributed by atoms with Crippen LogP contribution in [0.5, 0.6) is 0 Å². The van der Waals surface area contributed by atoms with Gasteiger partial charge >= 0.3 is 0 Å². The van der Waals surface area contributed by atoms with Crippen molar-refractivity contribution in [3.8, 4) is 0 Å². The van der Waals surface area contributed by atoms with Crippen LogP contribution < -0.4 is 0 Å². The van der Waals surface area contributed by atoms with Crippen molar-refractivity contribution in [2.45, 2.75) is 19.6 Å². The number of hydrogen-bond donors (Lipinski definition) is 1. The van der Waals surface area contributed by atoms with E-state index in [1.165, 1.54) is 5.56 Å². The molecule has 0 radical (unpaired) electrons. The summed E-state index contributed by atoms with van der Waals surface area (Å²) >= 11 is 0. The van der Waals surface area contributed by atoms with E-state index in [0.29, 0.717) is 0 Å². The molecule has 1 aliphatic rings. The van der Waals surface area contributed by atoms with Gasteiger partial charge in [-0.25, -0.2) is 0 Å². The minimum atomic E-state index is -0.253. The van der Waals surface area contributed by atoms with Crippen molar-refractivity contribution in [3.63, 3.8) is 0 Å². The van der Waals surface area contributed by atoms with Gasteiger partial charge in [-0.2, -0.15) is 0 Å². The molecule has 1 saturated heterocycles. The molecule has 0 aliphatic carbocycles. The second-order valence-corrected chi connectivity index (χ2v) is 5.20. The Bertz CT molecular complexity index is 391. The molecule has 1 aromatic carbocycles. The molecule has 0 unspecified atom stereocenters. The van der Waals surface area contributed by atoms with Crippen LogP contribution in [0.15, 0.2) is 42.5 Å². The highest BCUT2D eigenvalue weighted by atomic mass is 16.3. The van der Waals surface area contributed by atoms with Gasteiger partial charge in [-0.3, -0.25) is 9.80 Å². The summed E-state index contributed by atoms with van der Waals surface area (Å²) in [6.45, 7) is 7.48. The van der Waals surface area contributed by atoms with Crippen LogP contribution in [0.3, 0.4) is 0 Å². The van der Waals surface area contributed by atoms with Crippen LogP contribution in [0.1, 0.15) is 12.5 Å². The molecule has 1 aromatic rings. The molecular weight excluding hydrogens is 236 g/mol. The Balaban J connectivity index is 1.90. The van der Waals surface area contributed by atoms with Crippen LogP contribution in [0.4, 0.5) is 0 Å². The largest absolute Gasteiger partial charge is 0.390 e. The Morgan fingerprint density at radius 3 is 2.58 bits per heavy atom. The Kier molecular flexibility index (Phi) is 5.58. The molecule has 1 atom stereocenters. The van der Waals surface area contributed by atoms with Gasteiger partial charge in [0.15, 0.2) is 0 Å². The summed E-state index contributed by atoms with van der Waals surface area (Å²) in [6.07, 6.45) is 3.97.